The molecular formula is C18H22FN3O4. The van der Waals surface area contributed by atoms with Crippen molar-refractivity contribution < 1.29 is 23.8 Å². The van der Waals surface area contributed by atoms with Gasteiger partial charge in [-0.2, -0.15) is 5.10 Å². The molecule has 26 heavy (non-hydrogen) atoms. The van der Waals surface area contributed by atoms with Crippen LogP contribution in [0.15, 0.2) is 18.2 Å². The standard InChI is InChI=1S/C18H22FN3O4/c1-10-13(11(2)22(3)21-10)6-8-16(23)20-17(18(24)25)12-5-7-15(26-4)14(19)9-12/h5,7,9,17H,6,8H2,1-4H3,(H,20,23)(H,24,25). The van der Waals surface area contributed by atoms with Crippen LogP contribution in [0.5, 0.6) is 5.75 Å². The quantitative estimate of drug-likeness (QED) is 0.785. The lowest BCUT2D eigenvalue weighted by atomic mass is 10.0. The monoisotopic (exact) mass is 363 g/mol. The lowest BCUT2D eigenvalue weighted by molar-refractivity contribution is -0.142. The Morgan fingerprint density at radius 3 is 2.58 bits per heavy atom. The Morgan fingerprint density at radius 1 is 1.38 bits per heavy atom. The van der Waals surface area contributed by atoms with Gasteiger partial charge in [-0.05, 0) is 43.5 Å². The number of carbonyl (C=O) groups is 2. The van der Waals surface area contributed by atoms with Gasteiger partial charge in [0.05, 0.1) is 12.8 Å². The van der Waals surface area contributed by atoms with E-state index in [0.29, 0.717) is 6.42 Å². The predicted octanol–water partition coefficient (Wildman–Crippen LogP) is 2.06. The number of hydrogen-bond donors (Lipinski definition) is 2. The van der Waals surface area contributed by atoms with E-state index in [-0.39, 0.29) is 17.7 Å². The highest BCUT2D eigenvalue weighted by Gasteiger charge is 2.23. The second kappa shape index (κ2) is 7.99. The SMILES string of the molecule is COc1ccc(C(NC(=O)CCc2c(C)nn(C)c2C)C(=O)O)cc1F. The highest BCUT2D eigenvalue weighted by Crippen LogP contribution is 2.22. The normalized spacial score (nSPS) is 11.9. The third-order valence-corrected chi connectivity index (χ3v) is 4.32. The number of nitrogens with one attached hydrogen (secondary N) is 1. The van der Waals surface area contributed by atoms with Crippen LogP contribution in [0.3, 0.4) is 0 Å². The molecule has 1 aromatic heterocycles. The summed E-state index contributed by atoms with van der Waals surface area (Å²) in [7, 11) is 3.14. The number of carboxylic acid groups (broad SMARTS) is 1. The fourth-order valence-corrected chi connectivity index (χ4v) is 2.80. The van der Waals surface area contributed by atoms with Crippen LogP contribution in [-0.2, 0) is 23.1 Å². The molecule has 2 rings (SSSR count). The molecule has 0 aliphatic rings. The maximum absolute atomic E-state index is 13.8. The molecule has 0 saturated carbocycles. The van der Waals surface area contributed by atoms with Gasteiger partial charge in [0.2, 0.25) is 5.91 Å². The zero-order valence-corrected chi connectivity index (χ0v) is 15.2. The minimum atomic E-state index is -1.33. The smallest absolute Gasteiger partial charge is 0.330 e. The van der Waals surface area contributed by atoms with E-state index in [9.17, 15) is 19.1 Å². The van der Waals surface area contributed by atoms with Crippen LogP contribution in [-0.4, -0.2) is 33.9 Å². The van der Waals surface area contributed by atoms with Crippen LogP contribution in [0.4, 0.5) is 4.39 Å². The number of ether oxygens (including phenoxy) is 1. The van der Waals surface area contributed by atoms with Gasteiger partial charge in [-0.1, -0.05) is 6.07 Å². The lowest BCUT2D eigenvalue weighted by Gasteiger charge is -2.16. The molecule has 2 aromatic rings. The molecule has 0 spiro atoms. The molecule has 0 saturated heterocycles. The van der Waals surface area contributed by atoms with Crippen LogP contribution in [0.2, 0.25) is 0 Å². The van der Waals surface area contributed by atoms with E-state index in [4.69, 9.17) is 4.74 Å². The van der Waals surface area contributed by atoms with E-state index >= 15 is 0 Å². The van der Waals surface area contributed by atoms with Gasteiger partial charge in [-0.15, -0.1) is 0 Å². The fourth-order valence-electron chi connectivity index (χ4n) is 2.80. The van der Waals surface area contributed by atoms with Crippen LogP contribution < -0.4 is 10.1 Å². The average Bonchev–Trinajstić information content (AvgIpc) is 2.82. The summed E-state index contributed by atoms with van der Waals surface area (Å²) in [6.07, 6.45) is 0.552. The number of carboxylic acids is 1. The molecule has 1 atom stereocenters. The molecule has 0 aliphatic carbocycles. The molecule has 0 fully saturated rings. The summed E-state index contributed by atoms with van der Waals surface area (Å²) in [5.74, 6) is -2.38. The van der Waals surface area contributed by atoms with Gasteiger partial charge in [-0.3, -0.25) is 9.48 Å². The van der Waals surface area contributed by atoms with Crippen molar-refractivity contribution in [3.05, 3.63) is 46.5 Å². The molecule has 8 heteroatoms. The number of hydrogen-bond acceptors (Lipinski definition) is 4. The summed E-state index contributed by atoms with van der Waals surface area (Å²) in [5, 5.41) is 16.1. The van der Waals surface area contributed by atoms with Gasteiger partial charge >= 0.3 is 5.97 Å². The maximum atomic E-state index is 13.8. The van der Waals surface area contributed by atoms with Crippen molar-refractivity contribution in [1.82, 2.24) is 15.1 Å². The summed E-state index contributed by atoms with van der Waals surface area (Å²) in [6, 6.07) is 2.46. The molecule has 1 unspecified atom stereocenters. The van der Waals surface area contributed by atoms with Crippen molar-refractivity contribution in [2.45, 2.75) is 32.7 Å². The molecule has 1 amide bonds. The number of carbonyl (C=O) groups excluding carboxylic acids is 1. The minimum Gasteiger partial charge on any atom is -0.494 e. The molecule has 0 aliphatic heterocycles. The summed E-state index contributed by atoms with van der Waals surface area (Å²) in [4.78, 5) is 23.7. The Bertz CT molecular complexity index is 832. The van der Waals surface area contributed by atoms with Gasteiger partial charge in [0.25, 0.3) is 0 Å². The molecular weight excluding hydrogens is 341 g/mol. The van der Waals surface area contributed by atoms with Crippen LogP contribution >= 0.6 is 0 Å². The molecule has 0 radical (unpaired) electrons. The topological polar surface area (TPSA) is 93.5 Å². The van der Waals surface area contributed by atoms with Crippen molar-refractivity contribution in [2.75, 3.05) is 7.11 Å². The second-order valence-corrected chi connectivity index (χ2v) is 6.01. The van der Waals surface area contributed by atoms with E-state index < -0.39 is 23.7 Å². The van der Waals surface area contributed by atoms with Crippen LogP contribution in [0, 0.1) is 19.7 Å². The predicted molar refractivity (Wildman–Crippen MR) is 92.5 cm³/mol. The van der Waals surface area contributed by atoms with E-state index in [1.54, 1.807) is 4.68 Å². The molecule has 1 heterocycles. The Balaban J connectivity index is 2.08. The summed E-state index contributed by atoms with van der Waals surface area (Å²) >= 11 is 0. The molecule has 7 nitrogen and oxygen atoms in total. The number of aromatic nitrogens is 2. The van der Waals surface area contributed by atoms with E-state index in [1.165, 1.54) is 19.2 Å². The summed E-state index contributed by atoms with van der Waals surface area (Å²) in [5.41, 5.74) is 2.90. The van der Waals surface area contributed by atoms with Gasteiger partial charge in [0.15, 0.2) is 17.6 Å². The number of amides is 1. The van der Waals surface area contributed by atoms with Crippen molar-refractivity contribution in [2.24, 2.45) is 7.05 Å². The number of benzene rings is 1. The fraction of sp³-hybridized carbons (Fsp3) is 0.389. The zero-order valence-electron chi connectivity index (χ0n) is 15.2. The first-order chi connectivity index (χ1) is 12.2. The van der Waals surface area contributed by atoms with Gasteiger partial charge < -0.3 is 15.2 Å². The Kier molecular flexibility index (Phi) is 5.97. The van der Waals surface area contributed by atoms with Crippen molar-refractivity contribution in [3.63, 3.8) is 0 Å². The van der Waals surface area contributed by atoms with E-state index in [2.05, 4.69) is 10.4 Å². The maximum Gasteiger partial charge on any atom is 0.330 e. The third-order valence-electron chi connectivity index (χ3n) is 4.32. The van der Waals surface area contributed by atoms with Crippen molar-refractivity contribution in [1.29, 1.82) is 0 Å². The lowest BCUT2D eigenvalue weighted by Crippen LogP contribution is -2.34. The molecule has 0 bridgehead atoms. The first-order valence-electron chi connectivity index (χ1n) is 8.09. The first-order valence-corrected chi connectivity index (χ1v) is 8.09. The third kappa shape index (κ3) is 4.19. The second-order valence-electron chi connectivity index (χ2n) is 6.01. The molecule has 2 N–H and O–H groups in total. The van der Waals surface area contributed by atoms with E-state index in [0.717, 1.165) is 23.0 Å². The van der Waals surface area contributed by atoms with Crippen molar-refractivity contribution >= 4 is 11.9 Å². The number of halogens is 1. The molecule has 1 aromatic carbocycles. The first kappa shape index (κ1) is 19.4. The number of aryl methyl sites for hydroxylation is 2. The average molecular weight is 363 g/mol. The largest absolute Gasteiger partial charge is 0.494 e. The summed E-state index contributed by atoms with van der Waals surface area (Å²) in [6.45, 7) is 3.77. The number of methoxy groups -OCH3 is 1. The van der Waals surface area contributed by atoms with Crippen molar-refractivity contribution in [3.8, 4) is 5.75 Å². The van der Waals surface area contributed by atoms with Crippen LogP contribution in [0.25, 0.3) is 0 Å². The molecule has 140 valence electrons. The minimum absolute atomic E-state index is 0.00624. The van der Waals surface area contributed by atoms with Gasteiger partial charge in [0.1, 0.15) is 0 Å². The highest BCUT2D eigenvalue weighted by molar-refractivity contribution is 5.84. The number of aliphatic carboxylic acids is 1. The Hall–Kier alpha value is -2.90. The van der Waals surface area contributed by atoms with Gasteiger partial charge in [-0.25, -0.2) is 9.18 Å². The zero-order chi connectivity index (χ0) is 19.4. The van der Waals surface area contributed by atoms with Crippen LogP contribution in [0.1, 0.15) is 35.0 Å². The van der Waals surface area contributed by atoms with E-state index in [1.807, 2.05) is 20.9 Å². The Labute approximate surface area is 150 Å². The summed E-state index contributed by atoms with van der Waals surface area (Å²) < 4.78 is 20.4. The Morgan fingerprint density at radius 2 is 2.08 bits per heavy atom. The highest BCUT2D eigenvalue weighted by atomic mass is 19.1. The van der Waals surface area contributed by atoms with Gasteiger partial charge in [0, 0.05) is 19.2 Å². The number of rotatable bonds is 7. The number of nitrogens with zero attached hydrogens (tertiary/aromatic N) is 2.